The molecule has 116 valence electrons. The predicted octanol–water partition coefficient (Wildman–Crippen LogP) is 2.44. The van der Waals surface area contributed by atoms with Crippen LogP contribution in [0.25, 0.3) is 0 Å². The van der Waals surface area contributed by atoms with E-state index >= 15 is 0 Å². The Bertz CT molecular complexity index is 371. The number of rotatable bonds is 2. The molecule has 0 aromatic rings. The van der Waals surface area contributed by atoms with Crippen LogP contribution in [-0.2, 0) is 14.3 Å². The van der Waals surface area contributed by atoms with Gasteiger partial charge in [-0.3, -0.25) is 4.79 Å². The first-order valence-corrected chi connectivity index (χ1v) is 6.47. The number of methoxy groups -OCH3 is 1. The second-order valence-corrected chi connectivity index (χ2v) is 5.92. The van der Waals surface area contributed by atoms with E-state index in [1.165, 1.54) is 4.90 Å². The standard InChI is InChI=1S/C13H21F2NO4/c1-12(2,3)20-11(18)16-7-5-13(6-8-16,9(14)15)10(17)19-4/h9H,5-8H2,1-4H3. The number of hydrogen-bond acceptors (Lipinski definition) is 4. The van der Waals surface area contributed by atoms with Gasteiger partial charge in [-0.15, -0.1) is 0 Å². The second kappa shape index (κ2) is 5.93. The van der Waals surface area contributed by atoms with Crippen molar-refractivity contribution in [1.29, 1.82) is 0 Å². The van der Waals surface area contributed by atoms with Gasteiger partial charge in [0.2, 0.25) is 0 Å². The molecule has 1 amide bonds. The summed E-state index contributed by atoms with van der Waals surface area (Å²) in [6.07, 6.45) is -3.62. The molecule has 0 bridgehead atoms. The zero-order valence-corrected chi connectivity index (χ0v) is 12.2. The third-order valence-electron chi connectivity index (χ3n) is 3.32. The fourth-order valence-electron chi connectivity index (χ4n) is 2.13. The van der Waals surface area contributed by atoms with Crippen molar-refractivity contribution in [2.24, 2.45) is 5.41 Å². The first kappa shape index (κ1) is 16.7. The molecular formula is C13H21F2NO4. The number of halogens is 2. The molecule has 1 fully saturated rings. The van der Waals surface area contributed by atoms with Crippen LogP contribution in [0, 0.1) is 5.41 Å². The Balaban J connectivity index is 2.70. The van der Waals surface area contributed by atoms with Crippen molar-refractivity contribution in [2.45, 2.75) is 45.6 Å². The molecule has 1 saturated heterocycles. The minimum absolute atomic E-state index is 0.0500. The highest BCUT2D eigenvalue weighted by molar-refractivity contribution is 5.78. The van der Waals surface area contributed by atoms with Gasteiger partial charge in [0.05, 0.1) is 7.11 Å². The van der Waals surface area contributed by atoms with Gasteiger partial charge in [-0.05, 0) is 33.6 Å². The third kappa shape index (κ3) is 3.58. The fourth-order valence-corrected chi connectivity index (χ4v) is 2.13. The van der Waals surface area contributed by atoms with Crippen molar-refractivity contribution in [3.63, 3.8) is 0 Å². The van der Waals surface area contributed by atoms with Gasteiger partial charge < -0.3 is 14.4 Å². The lowest BCUT2D eigenvalue weighted by Crippen LogP contribution is -2.51. The van der Waals surface area contributed by atoms with E-state index < -0.39 is 29.5 Å². The number of ether oxygens (including phenoxy) is 2. The van der Waals surface area contributed by atoms with Gasteiger partial charge in [-0.1, -0.05) is 0 Å². The van der Waals surface area contributed by atoms with Crippen LogP contribution in [0.2, 0.25) is 0 Å². The van der Waals surface area contributed by atoms with Gasteiger partial charge in [0.25, 0.3) is 6.43 Å². The molecule has 0 aliphatic carbocycles. The Labute approximate surface area is 117 Å². The highest BCUT2D eigenvalue weighted by atomic mass is 19.3. The van der Waals surface area contributed by atoms with E-state index in [1.807, 2.05) is 0 Å². The molecule has 0 spiro atoms. The van der Waals surface area contributed by atoms with Crippen LogP contribution < -0.4 is 0 Å². The number of piperidine rings is 1. The zero-order chi connectivity index (χ0) is 15.6. The van der Waals surface area contributed by atoms with Crippen LogP contribution in [0.5, 0.6) is 0 Å². The van der Waals surface area contributed by atoms with E-state index in [2.05, 4.69) is 4.74 Å². The quantitative estimate of drug-likeness (QED) is 0.734. The normalized spacial score (nSPS) is 18.9. The molecule has 1 aliphatic rings. The summed E-state index contributed by atoms with van der Waals surface area (Å²) in [5.41, 5.74) is -2.45. The van der Waals surface area contributed by atoms with Gasteiger partial charge in [0, 0.05) is 13.1 Å². The largest absolute Gasteiger partial charge is 0.468 e. The number of amides is 1. The highest BCUT2D eigenvalue weighted by Gasteiger charge is 2.51. The van der Waals surface area contributed by atoms with Crippen LogP contribution in [0.3, 0.4) is 0 Å². The molecule has 0 radical (unpaired) electrons. The number of nitrogens with zero attached hydrogens (tertiary/aromatic N) is 1. The van der Waals surface area contributed by atoms with E-state index in [1.54, 1.807) is 20.8 Å². The fraction of sp³-hybridized carbons (Fsp3) is 0.846. The smallest absolute Gasteiger partial charge is 0.410 e. The summed E-state index contributed by atoms with van der Waals surface area (Å²) >= 11 is 0. The van der Waals surface area contributed by atoms with Gasteiger partial charge in [-0.25, -0.2) is 13.6 Å². The number of likely N-dealkylation sites (tertiary alicyclic amines) is 1. The number of esters is 1. The first-order chi connectivity index (χ1) is 9.12. The minimum Gasteiger partial charge on any atom is -0.468 e. The van der Waals surface area contributed by atoms with Crippen LogP contribution in [-0.4, -0.2) is 49.2 Å². The molecule has 5 nitrogen and oxygen atoms in total. The summed E-state index contributed by atoms with van der Waals surface area (Å²) in [4.78, 5) is 24.8. The van der Waals surface area contributed by atoms with Gasteiger partial charge >= 0.3 is 12.1 Å². The Morgan fingerprint density at radius 3 is 2.05 bits per heavy atom. The van der Waals surface area contributed by atoms with Crippen molar-refractivity contribution >= 4 is 12.1 Å². The molecule has 0 saturated carbocycles. The summed E-state index contributed by atoms with van der Waals surface area (Å²) in [5, 5.41) is 0. The number of alkyl halides is 2. The van der Waals surface area contributed by atoms with Crippen LogP contribution in [0.15, 0.2) is 0 Å². The molecule has 1 heterocycles. The lowest BCUT2D eigenvalue weighted by Gasteiger charge is -2.39. The van der Waals surface area contributed by atoms with Crippen LogP contribution in [0.1, 0.15) is 33.6 Å². The first-order valence-electron chi connectivity index (χ1n) is 6.47. The Morgan fingerprint density at radius 2 is 1.70 bits per heavy atom. The summed E-state index contributed by atoms with van der Waals surface area (Å²) in [6, 6.07) is 0. The third-order valence-corrected chi connectivity index (χ3v) is 3.32. The van der Waals surface area contributed by atoms with Crippen LogP contribution in [0.4, 0.5) is 13.6 Å². The minimum atomic E-state index is -2.81. The van der Waals surface area contributed by atoms with E-state index in [-0.39, 0.29) is 25.9 Å². The van der Waals surface area contributed by atoms with Gasteiger partial charge in [0.1, 0.15) is 11.0 Å². The average Bonchev–Trinajstić information content (AvgIpc) is 2.35. The maximum absolute atomic E-state index is 13.2. The summed E-state index contributed by atoms with van der Waals surface area (Å²) in [7, 11) is 1.09. The molecule has 0 atom stereocenters. The zero-order valence-electron chi connectivity index (χ0n) is 12.2. The monoisotopic (exact) mass is 293 g/mol. The lowest BCUT2D eigenvalue weighted by molar-refractivity contribution is -0.168. The van der Waals surface area contributed by atoms with Crippen LogP contribution >= 0.6 is 0 Å². The number of carbonyl (C=O) groups is 2. The molecule has 0 aromatic carbocycles. The van der Waals surface area contributed by atoms with Crippen molar-refractivity contribution in [2.75, 3.05) is 20.2 Å². The van der Waals surface area contributed by atoms with E-state index in [9.17, 15) is 18.4 Å². The maximum Gasteiger partial charge on any atom is 0.410 e. The summed E-state index contributed by atoms with van der Waals surface area (Å²) in [5.74, 6) is -0.920. The molecule has 20 heavy (non-hydrogen) atoms. The predicted molar refractivity (Wildman–Crippen MR) is 67.5 cm³/mol. The van der Waals surface area contributed by atoms with E-state index in [0.29, 0.717) is 0 Å². The summed E-state index contributed by atoms with van der Waals surface area (Å²) in [6.45, 7) is 5.29. The van der Waals surface area contributed by atoms with Gasteiger partial charge in [-0.2, -0.15) is 0 Å². The Kier molecular flexibility index (Phi) is 4.94. The topological polar surface area (TPSA) is 55.8 Å². The number of hydrogen-bond donors (Lipinski definition) is 0. The molecule has 1 aliphatic heterocycles. The van der Waals surface area contributed by atoms with E-state index in [0.717, 1.165) is 7.11 Å². The molecule has 0 aromatic heterocycles. The summed E-state index contributed by atoms with van der Waals surface area (Å²) < 4.78 is 36.0. The SMILES string of the molecule is COC(=O)C1(C(F)F)CCN(C(=O)OC(C)(C)C)CC1. The molecular weight excluding hydrogens is 272 g/mol. The highest BCUT2D eigenvalue weighted by Crippen LogP contribution is 2.39. The van der Waals surface area contributed by atoms with Crippen molar-refractivity contribution in [3.05, 3.63) is 0 Å². The van der Waals surface area contributed by atoms with Crippen molar-refractivity contribution in [3.8, 4) is 0 Å². The van der Waals surface area contributed by atoms with Gasteiger partial charge in [0.15, 0.2) is 0 Å². The maximum atomic E-state index is 13.2. The molecule has 7 heteroatoms. The van der Waals surface area contributed by atoms with Crippen molar-refractivity contribution in [1.82, 2.24) is 4.90 Å². The number of carbonyl (C=O) groups excluding carboxylic acids is 2. The Hall–Kier alpha value is -1.40. The second-order valence-electron chi connectivity index (χ2n) is 5.92. The molecule has 0 N–H and O–H groups in total. The van der Waals surface area contributed by atoms with E-state index in [4.69, 9.17) is 4.74 Å². The van der Waals surface area contributed by atoms with Crippen molar-refractivity contribution < 1.29 is 27.8 Å². The average molecular weight is 293 g/mol. The molecule has 1 rings (SSSR count). The Morgan fingerprint density at radius 1 is 1.20 bits per heavy atom. The molecule has 0 unspecified atom stereocenters. The lowest BCUT2D eigenvalue weighted by atomic mass is 9.79.